The van der Waals surface area contributed by atoms with Crippen molar-refractivity contribution in [1.29, 1.82) is 0 Å². The van der Waals surface area contributed by atoms with Crippen LogP contribution in [0.2, 0.25) is 0 Å². The van der Waals surface area contributed by atoms with E-state index in [2.05, 4.69) is 9.47 Å². The predicted octanol–water partition coefficient (Wildman–Crippen LogP) is 2.60. The third-order valence-electron chi connectivity index (χ3n) is 1.28. The summed E-state index contributed by atoms with van der Waals surface area (Å²) in [5.41, 5.74) is 4.26. The maximum Gasteiger partial charge on any atom is 0.405 e. The summed E-state index contributed by atoms with van der Waals surface area (Å²) in [4.78, 5) is 20.3. The van der Waals surface area contributed by atoms with E-state index in [0.717, 1.165) is 0 Å². The number of hydrogen-bond acceptors (Lipinski definition) is 4. The molecule has 2 N–H and O–H groups in total. The molecule has 5 nitrogen and oxygen atoms in total. The molecule has 0 heterocycles. The summed E-state index contributed by atoms with van der Waals surface area (Å²) < 4.78 is 31.4. The Morgan fingerprint density at radius 1 is 1.28 bits per heavy atom. The number of hydrogen-bond donors (Lipinski definition) is 1. The molecule has 0 unspecified atom stereocenters. The Hall–Kier alpha value is -1.66. The Bertz CT molecular complexity index is 294. The van der Waals surface area contributed by atoms with Crippen molar-refractivity contribution in [2.45, 2.75) is 39.2 Å². The van der Waals surface area contributed by atoms with Crippen LogP contribution in [0, 0.1) is 0 Å². The predicted molar refractivity (Wildman–Crippen MR) is 62.0 cm³/mol. The normalized spacial score (nSPS) is 9.67. The van der Waals surface area contributed by atoms with Gasteiger partial charge in [0.05, 0.1) is 7.11 Å². The highest BCUT2D eigenvalue weighted by atomic mass is 19.3. The maximum atomic E-state index is 11.3. The number of amides is 1. The van der Waals surface area contributed by atoms with Gasteiger partial charge in [-0.15, -0.1) is 0 Å². The molecule has 0 radical (unpaired) electrons. The van der Waals surface area contributed by atoms with Crippen LogP contribution in [0.5, 0.6) is 0 Å². The van der Waals surface area contributed by atoms with Crippen LogP contribution in [-0.4, -0.2) is 24.8 Å². The summed E-state index contributed by atoms with van der Waals surface area (Å²) in [5.74, 6) is -0.475. The van der Waals surface area contributed by atoms with Gasteiger partial charge in [-0.1, -0.05) is 0 Å². The Morgan fingerprint density at radius 3 is 2.00 bits per heavy atom. The molecule has 0 aromatic carbocycles. The second kappa shape index (κ2) is 9.38. The lowest BCUT2D eigenvalue weighted by Gasteiger charge is -2.16. The van der Waals surface area contributed by atoms with Crippen LogP contribution >= 0.6 is 0 Å². The first-order chi connectivity index (χ1) is 8.08. The topological polar surface area (TPSA) is 78.6 Å². The van der Waals surface area contributed by atoms with Crippen LogP contribution in [0.25, 0.3) is 0 Å². The molecule has 0 aromatic heterocycles. The highest BCUT2D eigenvalue weighted by Crippen LogP contribution is 2.04. The Labute approximate surface area is 105 Å². The van der Waals surface area contributed by atoms with Gasteiger partial charge in [0.25, 0.3) is 6.08 Å². The Morgan fingerprint density at radius 2 is 1.78 bits per heavy atom. The second-order valence-corrected chi connectivity index (χ2v) is 4.14. The fraction of sp³-hybridized carbons (Fsp3) is 0.636. The molecule has 0 spiro atoms. The van der Waals surface area contributed by atoms with Crippen LogP contribution in [0.4, 0.5) is 13.6 Å². The van der Waals surface area contributed by atoms with Gasteiger partial charge in [-0.05, 0) is 33.3 Å². The second-order valence-electron chi connectivity index (χ2n) is 4.14. The number of ether oxygens (including phenoxy) is 2. The highest BCUT2D eigenvalue weighted by Gasteiger charge is 2.12. The van der Waals surface area contributed by atoms with Crippen LogP contribution in [-0.2, 0) is 14.3 Å². The number of carbonyl (C=O) groups is 2. The molecule has 0 saturated heterocycles. The third-order valence-corrected chi connectivity index (χ3v) is 1.28. The zero-order valence-electron chi connectivity index (χ0n) is 11.0. The van der Waals surface area contributed by atoms with Gasteiger partial charge in [-0.2, -0.15) is 8.78 Å². The fourth-order valence-corrected chi connectivity index (χ4v) is 0.703. The Balaban J connectivity index is 0. The van der Waals surface area contributed by atoms with Crippen LogP contribution in [0.3, 0.4) is 0 Å². The summed E-state index contributed by atoms with van der Waals surface area (Å²) in [6.45, 7) is 5.28. The van der Waals surface area contributed by atoms with Gasteiger partial charge in [0, 0.05) is 6.42 Å². The number of methoxy groups -OCH3 is 1. The fourth-order valence-electron chi connectivity index (χ4n) is 0.703. The number of halogens is 2. The average Bonchev–Trinajstić information content (AvgIpc) is 2.13. The van der Waals surface area contributed by atoms with Crippen molar-refractivity contribution in [2.75, 3.05) is 7.11 Å². The number of esters is 1. The molecule has 1 amide bonds. The standard InChI is InChI=1S/C6H8F2O2.C5H11NO2/c1-10-6(9)4-2-3-5(7)8;1-5(2,3)8-4(6)7/h3H,2,4H2,1H3;1-3H3,(H2,6,7). The lowest BCUT2D eigenvalue weighted by atomic mass is 10.2. The highest BCUT2D eigenvalue weighted by molar-refractivity contribution is 5.69. The van der Waals surface area contributed by atoms with Crippen LogP contribution in [0.1, 0.15) is 33.6 Å². The van der Waals surface area contributed by atoms with Gasteiger partial charge in [0.15, 0.2) is 0 Å². The van der Waals surface area contributed by atoms with Gasteiger partial charge < -0.3 is 15.2 Å². The summed E-state index contributed by atoms with van der Waals surface area (Å²) in [7, 11) is 1.22. The monoisotopic (exact) mass is 267 g/mol. The van der Waals surface area contributed by atoms with Crippen molar-refractivity contribution >= 4 is 12.1 Å². The zero-order chi connectivity index (χ0) is 14.8. The molecule has 7 heteroatoms. The van der Waals surface area contributed by atoms with Crippen molar-refractivity contribution in [3.8, 4) is 0 Å². The van der Waals surface area contributed by atoms with Gasteiger partial charge >= 0.3 is 12.1 Å². The summed E-state index contributed by atoms with van der Waals surface area (Å²) in [6.07, 6.45) is -1.75. The summed E-state index contributed by atoms with van der Waals surface area (Å²) in [6, 6.07) is 0. The molecular formula is C11H19F2NO4. The molecule has 0 rings (SSSR count). The van der Waals surface area contributed by atoms with Crippen molar-refractivity contribution in [3.63, 3.8) is 0 Å². The van der Waals surface area contributed by atoms with Crippen molar-refractivity contribution < 1.29 is 27.8 Å². The van der Waals surface area contributed by atoms with E-state index in [1.807, 2.05) is 0 Å². The average molecular weight is 267 g/mol. The molecule has 0 aliphatic carbocycles. The Kier molecular flexibility index (Phi) is 9.74. The van der Waals surface area contributed by atoms with Gasteiger partial charge in [-0.25, -0.2) is 4.79 Å². The van der Waals surface area contributed by atoms with E-state index in [1.54, 1.807) is 20.8 Å². The number of rotatable bonds is 3. The number of carbonyl (C=O) groups excluding carboxylic acids is 2. The zero-order valence-corrected chi connectivity index (χ0v) is 11.0. The molecule has 0 aliphatic rings. The molecule has 0 atom stereocenters. The maximum absolute atomic E-state index is 11.3. The third kappa shape index (κ3) is 19.8. The van der Waals surface area contributed by atoms with Crippen molar-refractivity contribution in [3.05, 3.63) is 12.2 Å². The minimum absolute atomic E-state index is 0.00778. The molecule has 106 valence electrons. The van der Waals surface area contributed by atoms with Gasteiger partial charge in [-0.3, -0.25) is 4.79 Å². The first-order valence-electron chi connectivity index (χ1n) is 5.15. The van der Waals surface area contributed by atoms with E-state index >= 15 is 0 Å². The lowest BCUT2D eigenvalue weighted by Crippen LogP contribution is -2.27. The van der Waals surface area contributed by atoms with E-state index < -0.39 is 23.7 Å². The molecule has 0 bridgehead atoms. The number of allylic oxidation sites excluding steroid dienone is 1. The molecule has 0 saturated carbocycles. The molecular weight excluding hydrogens is 248 g/mol. The molecule has 0 aliphatic heterocycles. The SMILES string of the molecule is CC(C)(C)OC(N)=O.COC(=O)CCC=C(F)F. The van der Waals surface area contributed by atoms with Gasteiger partial charge in [0.1, 0.15) is 5.60 Å². The molecule has 0 aromatic rings. The molecule has 0 fully saturated rings. The van der Waals surface area contributed by atoms with E-state index in [-0.39, 0.29) is 12.8 Å². The summed E-state index contributed by atoms with van der Waals surface area (Å²) >= 11 is 0. The minimum Gasteiger partial charge on any atom is -0.469 e. The van der Waals surface area contributed by atoms with E-state index in [9.17, 15) is 18.4 Å². The van der Waals surface area contributed by atoms with Crippen LogP contribution in [0.15, 0.2) is 12.2 Å². The van der Waals surface area contributed by atoms with E-state index in [1.165, 1.54) is 7.11 Å². The van der Waals surface area contributed by atoms with Crippen molar-refractivity contribution in [2.24, 2.45) is 5.73 Å². The van der Waals surface area contributed by atoms with E-state index in [4.69, 9.17) is 5.73 Å². The summed E-state index contributed by atoms with van der Waals surface area (Å²) in [5, 5.41) is 0. The first kappa shape index (κ1) is 18.7. The minimum atomic E-state index is -1.76. The molecule has 18 heavy (non-hydrogen) atoms. The van der Waals surface area contributed by atoms with E-state index in [0.29, 0.717) is 6.08 Å². The van der Waals surface area contributed by atoms with Crippen LogP contribution < -0.4 is 5.73 Å². The lowest BCUT2D eigenvalue weighted by molar-refractivity contribution is -0.140. The van der Waals surface area contributed by atoms with Gasteiger partial charge in [0.2, 0.25) is 0 Å². The number of nitrogens with two attached hydrogens (primary N) is 1. The first-order valence-corrected chi connectivity index (χ1v) is 5.15. The smallest absolute Gasteiger partial charge is 0.405 e. The van der Waals surface area contributed by atoms with Crippen molar-refractivity contribution in [1.82, 2.24) is 0 Å². The largest absolute Gasteiger partial charge is 0.469 e. The quantitative estimate of drug-likeness (QED) is 0.797. The number of primary amides is 1.